The van der Waals surface area contributed by atoms with Crippen LogP contribution in [0.1, 0.15) is 27.2 Å². The molecule has 0 aromatic carbocycles. The van der Waals surface area contributed by atoms with Gasteiger partial charge in [0, 0.05) is 6.61 Å². The number of esters is 2. The zero-order chi connectivity index (χ0) is 14.0. The molecule has 0 aliphatic heterocycles. The van der Waals surface area contributed by atoms with E-state index in [4.69, 9.17) is 19.3 Å². The highest BCUT2D eigenvalue weighted by atomic mass is 16.6. The van der Waals surface area contributed by atoms with Gasteiger partial charge in [0.15, 0.2) is 5.41 Å². The molecule has 1 N–H and O–H groups in total. The van der Waals surface area contributed by atoms with Crippen molar-refractivity contribution in [1.29, 1.82) is 0 Å². The fourth-order valence-corrected chi connectivity index (χ4v) is 1.31. The van der Waals surface area contributed by atoms with Crippen LogP contribution in [0.2, 0.25) is 0 Å². The number of hydrogen-bond donors (Lipinski definition) is 1. The van der Waals surface area contributed by atoms with Gasteiger partial charge in [-0.2, -0.15) is 0 Å². The van der Waals surface area contributed by atoms with Crippen molar-refractivity contribution in [3.63, 3.8) is 0 Å². The van der Waals surface area contributed by atoms with Gasteiger partial charge in [0.25, 0.3) is 0 Å². The normalized spacial score (nSPS) is 11.1. The molecular weight excluding hydrogens is 240 g/mol. The van der Waals surface area contributed by atoms with Crippen LogP contribution in [0.5, 0.6) is 0 Å². The third-order valence-corrected chi connectivity index (χ3v) is 2.43. The van der Waals surface area contributed by atoms with E-state index in [0.717, 1.165) is 0 Å². The van der Waals surface area contributed by atoms with E-state index < -0.39 is 17.4 Å². The number of aliphatic hydroxyl groups is 1. The van der Waals surface area contributed by atoms with E-state index in [1.165, 1.54) is 6.92 Å². The maximum absolute atomic E-state index is 11.8. The molecule has 0 saturated carbocycles. The van der Waals surface area contributed by atoms with Gasteiger partial charge in [0.05, 0.1) is 26.4 Å². The van der Waals surface area contributed by atoms with Gasteiger partial charge in [-0.1, -0.05) is 0 Å². The average Bonchev–Trinajstić information content (AvgIpc) is 2.35. The number of hydrogen-bond acceptors (Lipinski definition) is 6. The maximum atomic E-state index is 11.8. The van der Waals surface area contributed by atoms with Gasteiger partial charge in [-0.15, -0.1) is 0 Å². The minimum absolute atomic E-state index is 0.102. The Morgan fingerprint density at radius 2 is 1.56 bits per heavy atom. The van der Waals surface area contributed by atoms with Crippen LogP contribution in [0.15, 0.2) is 0 Å². The molecule has 0 aromatic rings. The van der Waals surface area contributed by atoms with Crippen LogP contribution in [0.25, 0.3) is 0 Å². The number of carbonyl (C=O) groups excluding carboxylic acids is 2. The predicted molar refractivity (Wildman–Crippen MR) is 63.9 cm³/mol. The van der Waals surface area contributed by atoms with Crippen LogP contribution in [0.3, 0.4) is 0 Å². The molecule has 0 aliphatic rings. The standard InChI is InChI=1S/C12H22O6/c1-4-17-10(14)12(3,11(15)18-5-2)6-8-16-9-7-13/h13H,4-9H2,1-3H3. The van der Waals surface area contributed by atoms with Gasteiger partial charge in [-0.25, -0.2) is 0 Å². The first-order valence-corrected chi connectivity index (χ1v) is 6.06. The number of ether oxygens (including phenoxy) is 3. The fourth-order valence-electron chi connectivity index (χ4n) is 1.31. The quantitative estimate of drug-likeness (QED) is 0.370. The predicted octanol–water partition coefficient (Wildman–Crippen LogP) is 0.518. The summed E-state index contributed by atoms with van der Waals surface area (Å²) >= 11 is 0. The number of rotatable bonds is 9. The van der Waals surface area contributed by atoms with Crippen molar-refractivity contribution in [2.24, 2.45) is 5.41 Å². The third-order valence-electron chi connectivity index (χ3n) is 2.43. The molecule has 0 heterocycles. The van der Waals surface area contributed by atoms with E-state index in [1.807, 2.05) is 0 Å². The smallest absolute Gasteiger partial charge is 0.323 e. The molecule has 6 nitrogen and oxygen atoms in total. The highest BCUT2D eigenvalue weighted by molar-refractivity contribution is 5.99. The first-order chi connectivity index (χ1) is 8.52. The minimum atomic E-state index is -1.36. The summed E-state index contributed by atoms with van der Waals surface area (Å²) in [4.78, 5) is 23.6. The average molecular weight is 262 g/mol. The summed E-state index contributed by atoms with van der Waals surface area (Å²) in [5.74, 6) is -1.23. The number of carbonyl (C=O) groups is 2. The van der Waals surface area contributed by atoms with Gasteiger partial charge >= 0.3 is 11.9 Å². The molecule has 0 amide bonds. The second-order valence-electron chi connectivity index (χ2n) is 3.86. The molecule has 0 bridgehead atoms. The van der Waals surface area contributed by atoms with Gasteiger partial charge in [0.2, 0.25) is 0 Å². The topological polar surface area (TPSA) is 82.1 Å². The van der Waals surface area contributed by atoms with Crippen molar-refractivity contribution in [1.82, 2.24) is 0 Å². The molecule has 0 rings (SSSR count). The molecule has 6 heteroatoms. The summed E-state index contributed by atoms with van der Waals surface area (Å²) in [6, 6.07) is 0. The van der Waals surface area contributed by atoms with Crippen LogP contribution < -0.4 is 0 Å². The Kier molecular flexibility index (Phi) is 8.32. The highest BCUT2D eigenvalue weighted by Crippen LogP contribution is 2.25. The van der Waals surface area contributed by atoms with Crippen molar-refractivity contribution in [3.8, 4) is 0 Å². The van der Waals surface area contributed by atoms with E-state index >= 15 is 0 Å². The van der Waals surface area contributed by atoms with Gasteiger partial charge in [0.1, 0.15) is 0 Å². The lowest BCUT2D eigenvalue weighted by Gasteiger charge is -2.24. The van der Waals surface area contributed by atoms with E-state index in [-0.39, 0.29) is 39.5 Å². The van der Waals surface area contributed by atoms with Crippen molar-refractivity contribution in [2.45, 2.75) is 27.2 Å². The second kappa shape index (κ2) is 8.88. The molecule has 106 valence electrons. The minimum Gasteiger partial charge on any atom is -0.465 e. The van der Waals surface area contributed by atoms with Crippen molar-refractivity contribution in [3.05, 3.63) is 0 Å². The summed E-state index contributed by atoms with van der Waals surface area (Å²) in [6.07, 6.45) is 0.157. The third kappa shape index (κ3) is 5.01. The largest absolute Gasteiger partial charge is 0.465 e. The molecular formula is C12H22O6. The highest BCUT2D eigenvalue weighted by Gasteiger charge is 2.43. The molecule has 0 atom stereocenters. The van der Waals surface area contributed by atoms with Crippen LogP contribution >= 0.6 is 0 Å². The first kappa shape index (κ1) is 16.9. The SMILES string of the molecule is CCOC(=O)C(C)(CCOCCO)C(=O)OCC. The van der Waals surface area contributed by atoms with Crippen LogP contribution in [-0.2, 0) is 23.8 Å². The Morgan fingerprint density at radius 1 is 1.06 bits per heavy atom. The van der Waals surface area contributed by atoms with Crippen molar-refractivity contribution in [2.75, 3.05) is 33.0 Å². The summed E-state index contributed by atoms with van der Waals surface area (Å²) in [5.41, 5.74) is -1.36. The number of aliphatic hydroxyl groups excluding tert-OH is 1. The van der Waals surface area contributed by atoms with Crippen LogP contribution in [0.4, 0.5) is 0 Å². The monoisotopic (exact) mass is 262 g/mol. The Labute approximate surface area is 107 Å². The van der Waals surface area contributed by atoms with Crippen LogP contribution in [-0.4, -0.2) is 50.1 Å². The zero-order valence-corrected chi connectivity index (χ0v) is 11.2. The van der Waals surface area contributed by atoms with Crippen molar-refractivity contribution >= 4 is 11.9 Å². The lowest BCUT2D eigenvalue weighted by atomic mass is 9.87. The maximum Gasteiger partial charge on any atom is 0.323 e. The molecule has 0 fully saturated rings. The Bertz CT molecular complexity index is 245. The molecule has 0 aromatic heterocycles. The summed E-state index contributed by atoms with van der Waals surface area (Å²) < 4.78 is 14.8. The molecule has 0 aliphatic carbocycles. The molecule has 0 unspecified atom stereocenters. The molecule has 0 saturated heterocycles. The van der Waals surface area contributed by atoms with E-state index in [9.17, 15) is 9.59 Å². The molecule has 0 spiro atoms. The first-order valence-electron chi connectivity index (χ1n) is 6.06. The molecule has 18 heavy (non-hydrogen) atoms. The lowest BCUT2D eigenvalue weighted by Crippen LogP contribution is -2.40. The Hall–Kier alpha value is -1.14. The van der Waals surface area contributed by atoms with Gasteiger partial charge < -0.3 is 19.3 Å². The zero-order valence-electron chi connectivity index (χ0n) is 11.2. The van der Waals surface area contributed by atoms with E-state index in [0.29, 0.717) is 0 Å². The molecule has 0 radical (unpaired) electrons. The Balaban J connectivity index is 4.58. The van der Waals surface area contributed by atoms with Gasteiger partial charge in [-0.3, -0.25) is 9.59 Å². The van der Waals surface area contributed by atoms with E-state index in [2.05, 4.69) is 0 Å². The lowest BCUT2D eigenvalue weighted by molar-refractivity contribution is -0.172. The van der Waals surface area contributed by atoms with Crippen molar-refractivity contribution < 1.29 is 28.9 Å². The fraction of sp³-hybridized carbons (Fsp3) is 0.833. The summed E-state index contributed by atoms with van der Waals surface area (Å²) in [6.45, 7) is 5.46. The summed E-state index contributed by atoms with van der Waals surface area (Å²) in [7, 11) is 0. The summed E-state index contributed by atoms with van der Waals surface area (Å²) in [5, 5.41) is 8.57. The van der Waals surface area contributed by atoms with Gasteiger partial charge in [-0.05, 0) is 27.2 Å². The Morgan fingerprint density at radius 3 is 1.94 bits per heavy atom. The van der Waals surface area contributed by atoms with Crippen LogP contribution in [0, 0.1) is 5.41 Å². The second-order valence-corrected chi connectivity index (χ2v) is 3.86. The van der Waals surface area contributed by atoms with E-state index in [1.54, 1.807) is 13.8 Å².